The molecule has 3 N–H and O–H groups in total. The van der Waals surface area contributed by atoms with E-state index in [1.807, 2.05) is 37.2 Å². The van der Waals surface area contributed by atoms with Crippen molar-refractivity contribution in [3.8, 4) is 5.75 Å². The zero-order valence-corrected chi connectivity index (χ0v) is 19.9. The summed E-state index contributed by atoms with van der Waals surface area (Å²) in [5.74, 6) is 2.33. The van der Waals surface area contributed by atoms with E-state index in [4.69, 9.17) is 33.2 Å². The van der Waals surface area contributed by atoms with Gasteiger partial charge in [-0.2, -0.15) is 4.98 Å². The third-order valence-corrected chi connectivity index (χ3v) is 6.55. The van der Waals surface area contributed by atoms with Gasteiger partial charge >= 0.3 is 0 Å². The number of rotatable bonds is 7. The fourth-order valence-corrected chi connectivity index (χ4v) is 4.86. The number of hydrogen-bond acceptors (Lipinski definition) is 6. The van der Waals surface area contributed by atoms with Gasteiger partial charge < -0.3 is 20.6 Å². The zero-order chi connectivity index (χ0) is 22.7. The maximum absolute atomic E-state index is 10.1. The van der Waals surface area contributed by atoms with Gasteiger partial charge in [0.05, 0.1) is 10.5 Å². The first kappa shape index (κ1) is 22.9. The Labute approximate surface area is 199 Å². The monoisotopic (exact) mass is 473 g/mol. The van der Waals surface area contributed by atoms with Gasteiger partial charge in [0, 0.05) is 42.7 Å². The van der Waals surface area contributed by atoms with E-state index in [0.29, 0.717) is 29.5 Å². The molecule has 0 aliphatic heterocycles. The van der Waals surface area contributed by atoms with E-state index in [2.05, 4.69) is 16.7 Å². The number of aromatic nitrogens is 2. The SMILES string of the molecule is CN(C)c1nc(N[C@H]2CC[C@@H](CNCc3cc(Cl)cc(Cl)c3O)CC2)nc2ccccc12. The van der Waals surface area contributed by atoms with Gasteiger partial charge in [0.25, 0.3) is 0 Å². The summed E-state index contributed by atoms with van der Waals surface area (Å²) in [5.41, 5.74) is 1.68. The number of benzene rings is 2. The molecule has 0 saturated heterocycles. The molecule has 8 heteroatoms. The van der Waals surface area contributed by atoms with Gasteiger partial charge in [0.15, 0.2) is 0 Å². The first-order valence-electron chi connectivity index (χ1n) is 11.0. The quantitative estimate of drug-likeness (QED) is 0.422. The summed E-state index contributed by atoms with van der Waals surface area (Å²) in [4.78, 5) is 11.5. The second kappa shape index (κ2) is 10.1. The summed E-state index contributed by atoms with van der Waals surface area (Å²) >= 11 is 12.1. The Morgan fingerprint density at radius 3 is 2.56 bits per heavy atom. The van der Waals surface area contributed by atoms with Crippen LogP contribution in [0.4, 0.5) is 11.8 Å². The Morgan fingerprint density at radius 1 is 1.06 bits per heavy atom. The summed E-state index contributed by atoms with van der Waals surface area (Å²) in [6.07, 6.45) is 4.41. The van der Waals surface area contributed by atoms with Crippen LogP contribution in [0, 0.1) is 5.92 Å². The molecule has 0 radical (unpaired) electrons. The molecule has 2 aromatic carbocycles. The Morgan fingerprint density at radius 2 is 1.81 bits per heavy atom. The van der Waals surface area contributed by atoms with Crippen molar-refractivity contribution in [3.63, 3.8) is 0 Å². The smallest absolute Gasteiger partial charge is 0.225 e. The number of para-hydroxylation sites is 1. The average molecular weight is 474 g/mol. The minimum absolute atomic E-state index is 0.101. The van der Waals surface area contributed by atoms with Crippen molar-refractivity contribution in [2.24, 2.45) is 5.92 Å². The lowest BCUT2D eigenvalue weighted by atomic mass is 9.86. The number of phenols is 1. The molecule has 32 heavy (non-hydrogen) atoms. The third kappa shape index (κ3) is 5.37. The van der Waals surface area contributed by atoms with Crippen molar-refractivity contribution in [2.75, 3.05) is 30.9 Å². The number of anilines is 2. The van der Waals surface area contributed by atoms with Gasteiger partial charge in [-0.25, -0.2) is 4.98 Å². The van der Waals surface area contributed by atoms with Crippen LogP contribution < -0.4 is 15.5 Å². The molecule has 1 saturated carbocycles. The van der Waals surface area contributed by atoms with Gasteiger partial charge in [-0.15, -0.1) is 0 Å². The van der Waals surface area contributed by atoms with Crippen molar-refractivity contribution in [1.82, 2.24) is 15.3 Å². The fraction of sp³-hybridized carbons (Fsp3) is 0.417. The highest BCUT2D eigenvalue weighted by Crippen LogP contribution is 2.32. The molecule has 1 aliphatic carbocycles. The molecule has 6 nitrogen and oxygen atoms in total. The molecule has 0 unspecified atom stereocenters. The number of aromatic hydroxyl groups is 1. The largest absolute Gasteiger partial charge is 0.506 e. The van der Waals surface area contributed by atoms with Crippen LogP contribution >= 0.6 is 23.2 Å². The maximum atomic E-state index is 10.1. The van der Waals surface area contributed by atoms with Crippen molar-refractivity contribution in [2.45, 2.75) is 38.3 Å². The Balaban J connectivity index is 1.30. The molecule has 170 valence electrons. The Bertz CT molecular complexity index is 1080. The van der Waals surface area contributed by atoms with Crippen LogP contribution in [0.3, 0.4) is 0 Å². The molecular formula is C24H29Cl2N5O. The molecule has 3 aromatic rings. The summed E-state index contributed by atoms with van der Waals surface area (Å²) in [5, 5.41) is 19.0. The van der Waals surface area contributed by atoms with Crippen LogP contribution in [0.15, 0.2) is 36.4 Å². The highest BCUT2D eigenvalue weighted by Gasteiger charge is 2.22. The van der Waals surface area contributed by atoms with E-state index < -0.39 is 0 Å². The highest BCUT2D eigenvalue weighted by atomic mass is 35.5. The van der Waals surface area contributed by atoms with E-state index in [1.165, 1.54) is 0 Å². The minimum Gasteiger partial charge on any atom is -0.506 e. The van der Waals surface area contributed by atoms with Crippen molar-refractivity contribution in [3.05, 3.63) is 52.0 Å². The van der Waals surface area contributed by atoms with Gasteiger partial charge in [-0.1, -0.05) is 35.3 Å². The number of phenolic OH excluding ortho intramolecular Hbond substituents is 1. The third-order valence-electron chi connectivity index (χ3n) is 6.04. The Hall–Kier alpha value is -2.28. The molecule has 0 bridgehead atoms. The predicted octanol–water partition coefficient (Wildman–Crippen LogP) is 5.47. The molecule has 0 atom stereocenters. The topological polar surface area (TPSA) is 73.3 Å². The van der Waals surface area contributed by atoms with Gasteiger partial charge in [0.1, 0.15) is 11.6 Å². The molecular weight excluding hydrogens is 445 g/mol. The summed E-state index contributed by atoms with van der Waals surface area (Å²) in [6, 6.07) is 11.8. The van der Waals surface area contributed by atoms with Crippen molar-refractivity contribution < 1.29 is 5.11 Å². The lowest BCUT2D eigenvalue weighted by molar-refractivity contribution is 0.323. The number of halogens is 2. The van der Waals surface area contributed by atoms with Crippen LogP contribution in [0.2, 0.25) is 10.0 Å². The van der Waals surface area contributed by atoms with Crippen LogP contribution in [-0.4, -0.2) is 41.8 Å². The number of nitrogens with one attached hydrogen (secondary N) is 2. The standard InChI is InChI=1S/C24H29Cl2N5O/c1-31(2)23-19-5-3-4-6-21(19)29-24(30-23)28-18-9-7-15(8-10-18)13-27-14-16-11-17(25)12-20(26)22(16)32/h3-6,11-12,15,18,27,32H,7-10,13-14H2,1-2H3,(H,28,29,30)/t15-,18+. The van der Waals surface area contributed by atoms with Crippen LogP contribution in [0.25, 0.3) is 10.9 Å². The number of nitrogens with zero attached hydrogens (tertiary/aromatic N) is 3. The Kier molecular flexibility index (Phi) is 7.23. The molecule has 1 fully saturated rings. The minimum atomic E-state index is 0.101. The van der Waals surface area contributed by atoms with Crippen LogP contribution in [0.1, 0.15) is 31.2 Å². The molecule has 4 rings (SSSR count). The average Bonchev–Trinajstić information content (AvgIpc) is 2.77. The van der Waals surface area contributed by atoms with E-state index in [0.717, 1.165) is 54.5 Å². The zero-order valence-electron chi connectivity index (χ0n) is 18.4. The molecule has 0 spiro atoms. The molecule has 1 aliphatic rings. The van der Waals surface area contributed by atoms with Gasteiger partial charge in [-0.05, 0) is 62.4 Å². The summed E-state index contributed by atoms with van der Waals surface area (Å²) in [7, 11) is 4.02. The highest BCUT2D eigenvalue weighted by molar-refractivity contribution is 6.35. The van der Waals surface area contributed by atoms with Crippen molar-refractivity contribution >= 4 is 45.9 Å². The van der Waals surface area contributed by atoms with Crippen LogP contribution in [0.5, 0.6) is 5.75 Å². The number of fused-ring (bicyclic) bond motifs is 1. The van der Waals surface area contributed by atoms with E-state index in [1.54, 1.807) is 12.1 Å². The summed E-state index contributed by atoms with van der Waals surface area (Å²) < 4.78 is 0. The van der Waals surface area contributed by atoms with E-state index in [9.17, 15) is 5.11 Å². The first-order chi connectivity index (χ1) is 15.4. The molecule has 1 heterocycles. The van der Waals surface area contributed by atoms with E-state index >= 15 is 0 Å². The lowest BCUT2D eigenvalue weighted by Crippen LogP contribution is -2.31. The number of hydrogen-bond donors (Lipinski definition) is 3. The van der Waals surface area contributed by atoms with E-state index in [-0.39, 0.29) is 10.8 Å². The first-order valence-corrected chi connectivity index (χ1v) is 11.7. The predicted molar refractivity (Wildman–Crippen MR) is 133 cm³/mol. The maximum Gasteiger partial charge on any atom is 0.225 e. The van der Waals surface area contributed by atoms with Crippen LogP contribution in [-0.2, 0) is 6.54 Å². The summed E-state index contributed by atoms with van der Waals surface area (Å²) in [6.45, 7) is 1.44. The second-order valence-electron chi connectivity index (χ2n) is 8.67. The lowest BCUT2D eigenvalue weighted by Gasteiger charge is -2.29. The van der Waals surface area contributed by atoms with Gasteiger partial charge in [0.2, 0.25) is 5.95 Å². The molecule has 0 amide bonds. The molecule has 1 aromatic heterocycles. The van der Waals surface area contributed by atoms with Crippen molar-refractivity contribution in [1.29, 1.82) is 0 Å². The second-order valence-corrected chi connectivity index (χ2v) is 9.51. The normalized spacial score (nSPS) is 18.6. The fourth-order valence-electron chi connectivity index (χ4n) is 4.32. The van der Waals surface area contributed by atoms with Gasteiger partial charge in [-0.3, -0.25) is 0 Å².